The van der Waals surface area contributed by atoms with E-state index in [0.717, 1.165) is 18.4 Å². The van der Waals surface area contributed by atoms with Gasteiger partial charge in [-0.15, -0.1) is 0 Å². The van der Waals surface area contributed by atoms with Crippen LogP contribution in [0.3, 0.4) is 0 Å². The fraction of sp³-hybridized carbons (Fsp3) is 0.951. The van der Waals surface area contributed by atoms with Crippen LogP contribution in [0.1, 0.15) is 120 Å². The van der Waals surface area contributed by atoms with Gasteiger partial charge in [0.25, 0.3) is 0 Å². The zero-order chi connectivity index (χ0) is 65.5. The largest absolute Gasteiger partial charge is 0.394 e. The summed E-state index contributed by atoms with van der Waals surface area (Å²) in [4.78, 5) is 15.4. The topological polar surface area (TPSA) is 453 Å². The van der Waals surface area contributed by atoms with Crippen molar-refractivity contribution >= 4 is 5.78 Å². The SMILES string of the molecule is CC[C@@H]1O[C@H](O[C@H]2[C@H](O[C@H](CC[C@@H](C)C3CC[C@@]4(C)C5CC=C6C(CC[C@H](O[C@@H]7O[C@H](CO[C@@H]8O[C@H](CO)[C@@H](O)[C@H](O)[C@H]8O)[C@@H](O)[C@H](O)[C@H]7O)C6(C)C)[C@]5(C)C(=O)C[C@]34C)C(C)(C)O)O[C@H](CO[C@@H]3O[C@H](CO)[C@@H](O)[C@H](O)[C@H]3O)[C@@H](O)[C@@H]2O)[C@@H](O)[C@H](O)[C@H]1O. The summed E-state index contributed by atoms with van der Waals surface area (Å²) in [6, 6.07) is 0. The quantitative estimate of drug-likeness (QED) is 0.0520. The van der Waals surface area contributed by atoms with Gasteiger partial charge in [-0.1, -0.05) is 60.1 Å². The summed E-state index contributed by atoms with van der Waals surface area (Å²) in [6.07, 6.45) is -35.5. The molecule has 514 valence electrons. The maximum absolute atomic E-state index is 15.4. The molecule has 28 heteroatoms. The van der Waals surface area contributed by atoms with E-state index in [0.29, 0.717) is 32.1 Å². The first kappa shape index (κ1) is 71.6. The highest BCUT2D eigenvalue weighted by Crippen LogP contribution is 2.74. The number of ketones is 1. The van der Waals surface area contributed by atoms with Gasteiger partial charge in [-0.2, -0.15) is 0 Å². The molecule has 9 aliphatic rings. The number of carbonyl (C=O) groups is 1. The Morgan fingerprint density at radius 1 is 0.562 bits per heavy atom. The monoisotopic (exact) mass is 1280 g/mol. The Hall–Kier alpha value is -1.67. The van der Waals surface area contributed by atoms with E-state index in [1.807, 2.05) is 13.8 Å². The van der Waals surface area contributed by atoms with Crippen LogP contribution >= 0.6 is 0 Å². The molecule has 0 aromatic rings. The molecule has 3 saturated carbocycles. The molecular formula is C61H102O28. The van der Waals surface area contributed by atoms with Crippen molar-refractivity contribution in [2.45, 2.75) is 291 Å². The predicted octanol–water partition coefficient (Wildman–Crippen LogP) is -3.78. The van der Waals surface area contributed by atoms with Gasteiger partial charge in [-0.05, 0) is 99.7 Å². The molecule has 0 amide bonds. The summed E-state index contributed by atoms with van der Waals surface area (Å²) in [5.74, 6) is -0.0955. The second kappa shape index (κ2) is 27.4. The number of fused-ring (bicyclic) bond motifs is 5. The molecule has 0 aromatic heterocycles. The number of carbonyl (C=O) groups excluding carboxylic acids is 1. The van der Waals surface area contributed by atoms with Crippen LogP contribution in [-0.2, 0) is 52.2 Å². The van der Waals surface area contributed by atoms with E-state index in [4.69, 9.17) is 47.4 Å². The van der Waals surface area contributed by atoms with Crippen LogP contribution < -0.4 is 0 Å². The summed E-state index contributed by atoms with van der Waals surface area (Å²) in [5, 5.41) is 183. The van der Waals surface area contributed by atoms with Crippen molar-refractivity contribution in [2.24, 2.45) is 45.3 Å². The van der Waals surface area contributed by atoms with Crippen molar-refractivity contribution in [3.05, 3.63) is 11.6 Å². The molecule has 5 aliphatic heterocycles. The van der Waals surface area contributed by atoms with Crippen LogP contribution in [-0.4, -0.2) is 290 Å². The van der Waals surface area contributed by atoms with E-state index in [-0.39, 0.29) is 47.7 Å². The van der Waals surface area contributed by atoms with Gasteiger partial charge in [0.2, 0.25) is 0 Å². The maximum atomic E-state index is 15.4. The average Bonchev–Trinajstić information content (AvgIpc) is 1.66. The number of rotatable bonds is 20. The first-order valence-corrected chi connectivity index (χ1v) is 31.8. The zero-order valence-electron chi connectivity index (χ0n) is 52.3. The van der Waals surface area contributed by atoms with Crippen LogP contribution in [0.4, 0.5) is 0 Å². The van der Waals surface area contributed by atoms with E-state index in [1.54, 1.807) is 6.92 Å². The number of aliphatic hydroxyl groups excluding tert-OH is 16. The van der Waals surface area contributed by atoms with Crippen LogP contribution in [0.5, 0.6) is 0 Å². The lowest BCUT2D eigenvalue weighted by atomic mass is 9.38. The molecule has 4 aliphatic carbocycles. The number of Topliss-reactive ketones (excluding diaryl/α,β-unsaturated/α-hetero) is 1. The minimum absolute atomic E-state index is 0.0257. The number of aliphatic hydroxyl groups is 17. The fourth-order valence-electron chi connectivity index (χ4n) is 16.9. The fourth-order valence-corrected chi connectivity index (χ4v) is 16.9. The van der Waals surface area contributed by atoms with Gasteiger partial charge < -0.3 is 134 Å². The molecular weight excluding hydrogens is 1180 g/mol. The van der Waals surface area contributed by atoms with E-state index < -0.39 is 214 Å². The van der Waals surface area contributed by atoms with Gasteiger partial charge in [-0.25, -0.2) is 0 Å². The lowest BCUT2D eigenvalue weighted by molar-refractivity contribution is -0.379. The van der Waals surface area contributed by atoms with Crippen LogP contribution in [0.15, 0.2) is 11.6 Å². The van der Waals surface area contributed by atoms with Gasteiger partial charge in [0, 0.05) is 17.3 Å². The number of hydrogen-bond donors (Lipinski definition) is 17. The van der Waals surface area contributed by atoms with Crippen molar-refractivity contribution in [3.63, 3.8) is 0 Å². The highest BCUT2D eigenvalue weighted by atomic mass is 16.8. The molecule has 89 heavy (non-hydrogen) atoms. The molecule has 5 saturated heterocycles. The Morgan fingerprint density at radius 2 is 1.02 bits per heavy atom. The second-order valence-corrected chi connectivity index (χ2v) is 28.7. The number of allylic oxidation sites excluding steroid dienone is 1. The van der Waals surface area contributed by atoms with E-state index in [1.165, 1.54) is 13.8 Å². The molecule has 28 nitrogen and oxygen atoms in total. The Kier molecular flexibility index (Phi) is 22.1. The molecule has 0 bridgehead atoms. The Bertz CT molecular complexity index is 2390. The van der Waals surface area contributed by atoms with Crippen molar-refractivity contribution in [2.75, 3.05) is 26.4 Å². The van der Waals surface area contributed by atoms with Gasteiger partial charge in [0.05, 0.1) is 50.3 Å². The number of ether oxygens (including phenoxy) is 10. The van der Waals surface area contributed by atoms with Gasteiger partial charge >= 0.3 is 0 Å². The van der Waals surface area contributed by atoms with Gasteiger partial charge in [-0.3, -0.25) is 4.79 Å². The van der Waals surface area contributed by atoms with E-state index >= 15 is 4.79 Å². The number of hydrogen-bond acceptors (Lipinski definition) is 28. The Morgan fingerprint density at radius 3 is 1.54 bits per heavy atom. The third-order valence-corrected chi connectivity index (χ3v) is 22.8. The lowest BCUT2D eigenvalue weighted by Gasteiger charge is -2.65. The zero-order valence-corrected chi connectivity index (χ0v) is 52.3. The van der Waals surface area contributed by atoms with Gasteiger partial charge in [0.15, 0.2) is 31.5 Å². The second-order valence-electron chi connectivity index (χ2n) is 28.7. The molecule has 5 heterocycles. The third-order valence-electron chi connectivity index (χ3n) is 22.8. The summed E-state index contributed by atoms with van der Waals surface area (Å²) >= 11 is 0. The molecule has 8 fully saturated rings. The molecule has 0 radical (unpaired) electrons. The van der Waals surface area contributed by atoms with Crippen LogP contribution in [0.25, 0.3) is 0 Å². The minimum Gasteiger partial charge on any atom is -0.394 e. The van der Waals surface area contributed by atoms with Crippen LogP contribution in [0.2, 0.25) is 0 Å². The van der Waals surface area contributed by atoms with Crippen LogP contribution in [0, 0.1) is 45.3 Å². The Balaban J connectivity index is 0.884. The summed E-state index contributed by atoms with van der Waals surface area (Å²) in [7, 11) is 0. The third kappa shape index (κ3) is 13.0. The summed E-state index contributed by atoms with van der Waals surface area (Å²) in [5.41, 5.74) is -2.86. The van der Waals surface area contributed by atoms with Crippen molar-refractivity contribution in [3.8, 4) is 0 Å². The minimum atomic E-state index is -1.90. The smallest absolute Gasteiger partial charge is 0.187 e. The normalized spacial score (nSPS) is 51.0. The summed E-state index contributed by atoms with van der Waals surface area (Å²) < 4.78 is 59.8. The molecule has 0 spiro atoms. The van der Waals surface area contributed by atoms with Crippen molar-refractivity contribution in [1.82, 2.24) is 0 Å². The summed E-state index contributed by atoms with van der Waals surface area (Å²) in [6.45, 7) is 14.9. The maximum Gasteiger partial charge on any atom is 0.187 e. The van der Waals surface area contributed by atoms with E-state index in [2.05, 4.69) is 33.8 Å². The van der Waals surface area contributed by atoms with Gasteiger partial charge in [0.1, 0.15) is 122 Å². The molecule has 0 aromatic carbocycles. The molecule has 9 rings (SSSR count). The lowest BCUT2D eigenvalue weighted by Crippen LogP contribution is -2.65. The van der Waals surface area contributed by atoms with E-state index in [9.17, 15) is 86.8 Å². The first-order chi connectivity index (χ1) is 41.6. The highest BCUT2D eigenvalue weighted by molar-refractivity contribution is 5.88. The molecule has 17 N–H and O–H groups in total. The standard InChI is InChI=1S/C61H102O28/c1-10-28-37(65)42(70)50(78)55(82-28)89-51-46(74)41(69)32(23-81-53-48(76)44(72)39(67)30(21-63)84-53)86-56(51)88-36(58(5,6)79)15-11-24(2)25-17-18-59(7)33-14-12-26-27(61(33,9)34(64)19-60(25,59)8)13-16-35(57(26,3)4)87-54-49(77)45(73)40(68)31(85-54)22-80-52-47(75)43(71)38(66)29(20-62)83-52/h12,24-25,27-33,35-56,62-63,65-79H,10-11,13-23H2,1-9H3/t24-,25?,27?,28+,29-,30-,31-,32-,33?,35+,36-,37+,38-,39-,40-,41-,42-,43+,44+,45+,46+,47-,48-,49-,50+,51-,52-,53-,54+,55-,56+,59+,60-,61+/m1/s1. The molecule has 34 atom stereocenters. The van der Waals surface area contributed by atoms with Crippen molar-refractivity contribution < 1.29 is 139 Å². The highest BCUT2D eigenvalue weighted by Gasteiger charge is 2.71. The average molecular weight is 1280 g/mol. The Labute approximate surface area is 518 Å². The predicted molar refractivity (Wildman–Crippen MR) is 302 cm³/mol. The van der Waals surface area contributed by atoms with Crippen molar-refractivity contribution in [1.29, 1.82) is 0 Å². The first-order valence-electron chi connectivity index (χ1n) is 31.8. The molecule has 3 unspecified atom stereocenters.